The van der Waals surface area contributed by atoms with E-state index < -0.39 is 0 Å². The molecule has 0 atom stereocenters. The number of halogens is 2. The zero-order chi connectivity index (χ0) is 17.7. The largest absolute Gasteiger partial charge is 0.493 e. The lowest BCUT2D eigenvalue weighted by Gasteiger charge is -2.18. The summed E-state index contributed by atoms with van der Waals surface area (Å²) in [5.74, 6) is 1.24. The Balaban J connectivity index is 2.40. The Hall–Kier alpha value is -2.11. The predicted molar refractivity (Wildman–Crippen MR) is 92.3 cm³/mol. The molecule has 0 saturated heterocycles. The topological polar surface area (TPSA) is 54.0 Å². The molecule has 0 bridgehead atoms. The minimum atomic E-state index is 0.202. The van der Waals surface area contributed by atoms with Crippen LogP contribution in [0.2, 0.25) is 10.0 Å². The van der Waals surface area contributed by atoms with Crippen molar-refractivity contribution in [1.82, 2.24) is 0 Å². The standard InChI is InChI=1S/C17H16Cl2O5/c1-21-14-7-11(8-20)15(22-2)17(23-3)16(14)24-9-10-4-5-12(18)13(19)6-10/h4-8H,9H2,1-3H3. The number of aldehydes is 1. The Bertz CT molecular complexity index is 746. The Labute approximate surface area is 150 Å². The molecule has 0 fully saturated rings. The average Bonchev–Trinajstić information content (AvgIpc) is 2.61. The van der Waals surface area contributed by atoms with E-state index in [1.807, 2.05) is 0 Å². The Morgan fingerprint density at radius 1 is 0.917 bits per heavy atom. The van der Waals surface area contributed by atoms with Gasteiger partial charge in [0.15, 0.2) is 17.8 Å². The zero-order valence-electron chi connectivity index (χ0n) is 13.4. The summed E-state index contributed by atoms with van der Waals surface area (Å²) in [6.45, 7) is 0.202. The second kappa shape index (κ2) is 8.13. The highest BCUT2D eigenvalue weighted by Crippen LogP contribution is 2.46. The molecule has 24 heavy (non-hydrogen) atoms. The van der Waals surface area contributed by atoms with Crippen molar-refractivity contribution in [3.05, 3.63) is 45.4 Å². The normalized spacial score (nSPS) is 10.2. The van der Waals surface area contributed by atoms with E-state index in [-0.39, 0.29) is 18.1 Å². The minimum Gasteiger partial charge on any atom is -0.493 e. The second-order valence-electron chi connectivity index (χ2n) is 4.72. The van der Waals surface area contributed by atoms with Crippen molar-refractivity contribution >= 4 is 29.5 Å². The molecule has 0 aromatic heterocycles. The molecule has 5 nitrogen and oxygen atoms in total. The van der Waals surface area contributed by atoms with Crippen LogP contribution in [0.4, 0.5) is 0 Å². The summed E-state index contributed by atoms with van der Waals surface area (Å²) < 4.78 is 21.7. The van der Waals surface area contributed by atoms with Crippen molar-refractivity contribution in [1.29, 1.82) is 0 Å². The number of methoxy groups -OCH3 is 3. The maximum atomic E-state index is 11.2. The van der Waals surface area contributed by atoms with Gasteiger partial charge in [-0.1, -0.05) is 29.3 Å². The lowest BCUT2D eigenvalue weighted by molar-refractivity contribution is 0.111. The van der Waals surface area contributed by atoms with Crippen LogP contribution in [0.3, 0.4) is 0 Å². The van der Waals surface area contributed by atoms with Gasteiger partial charge in [-0.3, -0.25) is 4.79 Å². The van der Waals surface area contributed by atoms with E-state index in [2.05, 4.69) is 0 Å². The fraction of sp³-hybridized carbons (Fsp3) is 0.235. The number of benzene rings is 2. The molecule has 128 valence electrons. The molecule has 0 amide bonds. The second-order valence-corrected chi connectivity index (χ2v) is 5.53. The van der Waals surface area contributed by atoms with E-state index >= 15 is 0 Å². The zero-order valence-corrected chi connectivity index (χ0v) is 14.9. The average molecular weight is 371 g/mol. The van der Waals surface area contributed by atoms with Crippen LogP contribution in [0.1, 0.15) is 15.9 Å². The minimum absolute atomic E-state index is 0.202. The number of hydrogen-bond donors (Lipinski definition) is 0. The fourth-order valence-electron chi connectivity index (χ4n) is 2.18. The number of carbonyl (C=O) groups is 1. The number of hydrogen-bond acceptors (Lipinski definition) is 5. The van der Waals surface area contributed by atoms with E-state index in [0.29, 0.717) is 33.4 Å². The van der Waals surface area contributed by atoms with Gasteiger partial charge in [0.2, 0.25) is 11.5 Å². The molecule has 0 radical (unpaired) electrons. The summed E-state index contributed by atoms with van der Waals surface area (Å²) in [7, 11) is 4.37. The van der Waals surface area contributed by atoms with E-state index in [4.69, 9.17) is 42.1 Å². The molecule has 0 unspecified atom stereocenters. The van der Waals surface area contributed by atoms with Crippen LogP contribution in [0.5, 0.6) is 23.0 Å². The van der Waals surface area contributed by atoms with Crippen molar-refractivity contribution in [3.8, 4) is 23.0 Å². The number of carbonyl (C=O) groups excluding carboxylic acids is 1. The van der Waals surface area contributed by atoms with E-state index in [0.717, 1.165) is 5.56 Å². The van der Waals surface area contributed by atoms with E-state index in [1.165, 1.54) is 27.4 Å². The number of ether oxygens (including phenoxy) is 4. The molecule has 2 aromatic rings. The molecule has 0 heterocycles. The molecular formula is C17H16Cl2O5. The highest BCUT2D eigenvalue weighted by Gasteiger charge is 2.22. The predicted octanol–water partition coefficient (Wildman–Crippen LogP) is 4.41. The summed E-state index contributed by atoms with van der Waals surface area (Å²) in [5.41, 5.74) is 1.11. The molecule has 7 heteroatoms. The molecule has 2 rings (SSSR count). The van der Waals surface area contributed by atoms with Gasteiger partial charge in [-0.15, -0.1) is 0 Å². The van der Waals surface area contributed by atoms with Gasteiger partial charge in [0.05, 0.1) is 36.9 Å². The summed E-state index contributed by atoms with van der Waals surface area (Å²) in [6, 6.07) is 6.72. The smallest absolute Gasteiger partial charge is 0.208 e. The lowest BCUT2D eigenvalue weighted by Crippen LogP contribution is -2.04. The molecule has 2 aromatic carbocycles. The molecule has 0 N–H and O–H groups in total. The first-order valence-corrected chi connectivity index (χ1v) is 7.66. The summed E-state index contributed by atoms with van der Waals surface area (Å²) in [4.78, 5) is 11.2. The van der Waals surface area contributed by atoms with Gasteiger partial charge >= 0.3 is 0 Å². The molecule has 0 spiro atoms. The Kier molecular flexibility index (Phi) is 6.17. The van der Waals surface area contributed by atoms with E-state index in [1.54, 1.807) is 18.2 Å². The van der Waals surface area contributed by atoms with Crippen LogP contribution >= 0.6 is 23.2 Å². The van der Waals surface area contributed by atoms with Crippen LogP contribution in [0.25, 0.3) is 0 Å². The first kappa shape index (κ1) is 18.2. The van der Waals surface area contributed by atoms with Crippen LogP contribution in [-0.4, -0.2) is 27.6 Å². The van der Waals surface area contributed by atoms with Crippen molar-refractivity contribution in [2.45, 2.75) is 6.61 Å². The van der Waals surface area contributed by atoms with Gasteiger partial charge in [0, 0.05) is 0 Å². The highest BCUT2D eigenvalue weighted by molar-refractivity contribution is 6.42. The van der Waals surface area contributed by atoms with Crippen molar-refractivity contribution in [3.63, 3.8) is 0 Å². The maximum absolute atomic E-state index is 11.2. The highest BCUT2D eigenvalue weighted by atomic mass is 35.5. The Morgan fingerprint density at radius 2 is 1.62 bits per heavy atom. The summed E-state index contributed by atoms with van der Waals surface area (Å²) in [5, 5.41) is 0.901. The SMILES string of the molecule is COc1cc(C=O)c(OC)c(OC)c1OCc1ccc(Cl)c(Cl)c1. The molecule has 0 saturated carbocycles. The van der Waals surface area contributed by atoms with Gasteiger partial charge in [-0.25, -0.2) is 0 Å². The Morgan fingerprint density at radius 3 is 2.17 bits per heavy atom. The molecule has 0 aliphatic rings. The number of rotatable bonds is 7. The van der Waals surface area contributed by atoms with Gasteiger partial charge < -0.3 is 18.9 Å². The van der Waals surface area contributed by atoms with Gasteiger partial charge in [-0.05, 0) is 23.8 Å². The third-order valence-corrected chi connectivity index (χ3v) is 4.05. The lowest BCUT2D eigenvalue weighted by atomic mass is 10.1. The fourth-order valence-corrected chi connectivity index (χ4v) is 2.50. The van der Waals surface area contributed by atoms with Crippen LogP contribution in [0, 0.1) is 0 Å². The first-order valence-electron chi connectivity index (χ1n) is 6.90. The molecule has 0 aliphatic carbocycles. The van der Waals surface area contributed by atoms with Gasteiger partial charge in [-0.2, -0.15) is 0 Å². The molecule has 0 aliphatic heterocycles. The third kappa shape index (κ3) is 3.68. The summed E-state index contributed by atoms with van der Waals surface area (Å²) in [6.07, 6.45) is 0.659. The van der Waals surface area contributed by atoms with Crippen LogP contribution in [-0.2, 0) is 6.61 Å². The third-order valence-electron chi connectivity index (χ3n) is 3.31. The monoisotopic (exact) mass is 370 g/mol. The van der Waals surface area contributed by atoms with Crippen molar-refractivity contribution in [2.75, 3.05) is 21.3 Å². The summed E-state index contributed by atoms with van der Waals surface area (Å²) >= 11 is 11.9. The van der Waals surface area contributed by atoms with Crippen molar-refractivity contribution < 1.29 is 23.7 Å². The van der Waals surface area contributed by atoms with Gasteiger partial charge in [0.1, 0.15) is 6.61 Å². The maximum Gasteiger partial charge on any atom is 0.208 e. The van der Waals surface area contributed by atoms with Crippen molar-refractivity contribution in [2.24, 2.45) is 0 Å². The first-order chi connectivity index (χ1) is 11.5. The van der Waals surface area contributed by atoms with Crippen LogP contribution < -0.4 is 18.9 Å². The molecular weight excluding hydrogens is 355 g/mol. The quantitative estimate of drug-likeness (QED) is 0.675. The van der Waals surface area contributed by atoms with Crippen LogP contribution in [0.15, 0.2) is 24.3 Å². The van der Waals surface area contributed by atoms with Gasteiger partial charge in [0.25, 0.3) is 0 Å². The van der Waals surface area contributed by atoms with E-state index in [9.17, 15) is 4.79 Å².